The van der Waals surface area contributed by atoms with Crippen LogP contribution in [0.5, 0.6) is 0 Å². The Kier molecular flexibility index (Phi) is 9.39. The fourth-order valence-corrected chi connectivity index (χ4v) is 5.13. The number of rotatable bonds is 11. The predicted molar refractivity (Wildman–Crippen MR) is 169 cm³/mol. The minimum Gasteiger partial charge on any atom is -0.353 e. The lowest BCUT2D eigenvalue weighted by Crippen LogP contribution is -2.33. The number of pyridine rings is 1. The molecule has 3 heterocycles. The van der Waals surface area contributed by atoms with Crippen LogP contribution >= 0.6 is 0 Å². The molecule has 238 valence electrons. The Morgan fingerprint density at radius 2 is 1.83 bits per heavy atom. The van der Waals surface area contributed by atoms with Gasteiger partial charge in [0.1, 0.15) is 0 Å². The lowest BCUT2D eigenvalue weighted by Gasteiger charge is -2.19. The van der Waals surface area contributed by atoms with E-state index in [9.17, 15) is 23.2 Å². The molecule has 2 aromatic carbocycles. The van der Waals surface area contributed by atoms with Gasteiger partial charge >= 0.3 is 6.18 Å². The van der Waals surface area contributed by atoms with Crippen molar-refractivity contribution in [3.8, 4) is 34.1 Å². The number of alkyl halides is 3. The summed E-state index contributed by atoms with van der Waals surface area (Å²) in [7, 11) is 5.69. The monoisotopic (exact) mass is 629 g/mol. The van der Waals surface area contributed by atoms with Crippen molar-refractivity contribution in [1.29, 1.82) is 5.26 Å². The van der Waals surface area contributed by atoms with E-state index in [0.29, 0.717) is 76.7 Å². The van der Waals surface area contributed by atoms with Crippen LogP contribution in [0.25, 0.3) is 33.7 Å². The van der Waals surface area contributed by atoms with Gasteiger partial charge < -0.3 is 15.1 Å². The molecule has 0 aliphatic rings. The number of hydrogen-bond acceptors (Lipinski definition) is 7. The first-order chi connectivity index (χ1) is 22.0. The third kappa shape index (κ3) is 7.02. The van der Waals surface area contributed by atoms with Gasteiger partial charge in [-0.25, -0.2) is 9.20 Å². The van der Waals surface area contributed by atoms with Crippen LogP contribution in [0.4, 0.5) is 19.1 Å². The highest BCUT2D eigenvalue weighted by atomic mass is 19.4. The molecular formula is C33H34F3N9O. The van der Waals surface area contributed by atoms with E-state index in [1.165, 1.54) is 6.07 Å². The van der Waals surface area contributed by atoms with Gasteiger partial charge in [0.2, 0.25) is 11.9 Å². The number of fused-ring (bicyclic) bond motifs is 1. The standard InChI is InChI=1S/C33H34F3N9O/c1-22-27(28-14-16-39-45(28)26-12-10-23(20-37)11-13-26)21-44-31(30(22)24-7-5-8-25(19-24)33(34,35)36)40-32(41-44)38-15-6-9-29(46)43(4)18-17-42(2)3/h5,7-8,10-14,16,19,21H,6,9,15,17-18H2,1-4H3,(H,38,41). The van der Waals surface area contributed by atoms with Crippen LogP contribution < -0.4 is 5.32 Å². The van der Waals surface area contributed by atoms with Crippen molar-refractivity contribution in [3.05, 3.63) is 83.7 Å². The minimum absolute atomic E-state index is 0.0394. The zero-order valence-corrected chi connectivity index (χ0v) is 26.0. The van der Waals surface area contributed by atoms with E-state index in [0.717, 1.165) is 18.7 Å². The van der Waals surface area contributed by atoms with Crippen molar-refractivity contribution in [2.45, 2.75) is 25.9 Å². The lowest BCUT2D eigenvalue weighted by molar-refractivity contribution is -0.137. The predicted octanol–water partition coefficient (Wildman–Crippen LogP) is 5.66. The van der Waals surface area contributed by atoms with Crippen LogP contribution in [0.1, 0.15) is 29.5 Å². The molecular weight excluding hydrogens is 595 g/mol. The molecule has 0 aliphatic carbocycles. The Morgan fingerprint density at radius 1 is 1.07 bits per heavy atom. The van der Waals surface area contributed by atoms with Gasteiger partial charge in [0.25, 0.3) is 0 Å². The summed E-state index contributed by atoms with van der Waals surface area (Å²) in [6, 6.07) is 16.0. The number of nitrogens with one attached hydrogen (secondary N) is 1. The molecule has 0 bridgehead atoms. The maximum atomic E-state index is 13.8. The first-order valence-corrected chi connectivity index (χ1v) is 14.7. The number of benzene rings is 2. The van der Waals surface area contributed by atoms with Crippen molar-refractivity contribution in [2.24, 2.45) is 0 Å². The van der Waals surface area contributed by atoms with Crippen molar-refractivity contribution in [3.63, 3.8) is 0 Å². The summed E-state index contributed by atoms with van der Waals surface area (Å²) in [5.74, 6) is 0.330. The molecule has 0 atom stereocenters. The van der Waals surface area contributed by atoms with Crippen LogP contribution in [0.15, 0.2) is 67.0 Å². The first-order valence-electron chi connectivity index (χ1n) is 14.7. The molecule has 5 rings (SSSR count). The van der Waals surface area contributed by atoms with Gasteiger partial charge in [0.05, 0.1) is 34.8 Å². The highest BCUT2D eigenvalue weighted by Crippen LogP contribution is 2.38. The quantitative estimate of drug-likeness (QED) is 0.188. The fourth-order valence-electron chi connectivity index (χ4n) is 5.13. The van der Waals surface area contributed by atoms with Crippen molar-refractivity contribution in [2.75, 3.05) is 46.1 Å². The molecule has 0 radical (unpaired) electrons. The van der Waals surface area contributed by atoms with Crippen LogP contribution in [0.3, 0.4) is 0 Å². The molecule has 10 nitrogen and oxygen atoms in total. The summed E-state index contributed by atoms with van der Waals surface area (Å²) in [4.78, 5) is 20.9. The highest BCUT2D eigenvalue weighted by molar-refractivity contribution is 5.87. The summed E-state index contributed by atoms with van der Waals surface area (Å²) < 4.78 is 44.5. The average molecular weight is 630 g/mol. The molecule has 0 spiro atoms. The first kappa shape index (κ1) is 32.2. The van der Waals surface area contributed by atoms with Crippen molar-refractivity contribution in [1.82, 2.24) is 34.2 Å². The number of likely N-dealkylation sites (N-methyl/N-ethyl adjacent to an activating group) is 2. The second kappa shape index (κ2) is 13.4. The van der Waals surface area contributed by atoms with Gasteiger partial charge in [-0.05, 0) is 81.0 Å². The summed E-state index contributed by atoms with van der Waals surface area (Å²) in [6.07, 6.45) is -0.211. The molecule has 0 saturated heterocycles. The Bertz CT molecular complexity index is 1890. The number of hydrogen-bond donors (Lipinski definition) is 1. The fraction of sp³-hybridized carbons (Fsp3) is 0.303. The van der Waals surface area contributed by atoms with Gasteiger partial charge in [-0.15, -0.1) is 5.10 Å². The van der Waals surface area contributed by atoms with Crippen LogP contribution in [-0.4, -0.2) is 80.9 Å². The van der Waals surface area contributed by atoms with Crippen LogP contribution in [0.2, 0.25) is 0 Å². The van der Waals surface area contributed by atoms with Gasteiger partial charge in [-0.3, -0.25) is 4.79 Å². The molecule has 3 aromatic heterocycles. The Hall–Kier alpha value is -5.22. The molecule has 46 heavy (non-hydrogen) atoms. The van der Waals surface area contributed by atoms with E-state index in [1.807, 2.05) is 32.0 Å². The van der Waals surface area contributed by atoms with E-state index in [4.69, 9.17) is 0 Å². The number of nitriles is 1. The molecule has 5 aromatic rings. The largest absolute Gasteiger partial charge is 0.416 e. The summed E-state index contributed by atoms with van der Waals surface area (Å²) in [6.45, 7) is 3.68. The summed E-state index contributed by atoms with van der Waals surface area (Å²) >= 11 is 0. The van der Waals surface area contributed by atoms with Crippen LogP contribution in [-0.2, 0) is 11.0 Å². The number of amides is 1. The molecule has 0 unspecified atom stereocenters. The van der Waals surface area contributed by atoms with Crippen molar-refractivity contribution < 1.29 is 18.0 Å². The molecule has 0 saturated carbocycles. The Morgan fingerprint density at radius 3 is 2.52 bits per heavy atom. The van der Waals surface area contributed by atoms with Gasteiger partial charge in [0, 0.05) is 50.4 Å². The Balaban J connectivity index is 1.51. The van der Waals surface area contributed by atoms with Crippen molar-refractivity contribution >= 4 is 17.5 Å². The molecule has 1 amide bonds. The Labute approximate surface area is 264 Å². The third-order valence-electron chi connectivity index (χ3n) is 7.68. The number of carbonyl (C=O) groups is 1. The molecule has 1 N–H and O–H groups in total. The maximum Gasteiger partial charge on any atom is 0.416 e. The molecule has 0 fully saturated rings. The second-order valence-electron chi connectivity index (χ2n) is 11.3. The average Bonchev–Trinajstić information content (AvgIpc) is 3.68. The number of halogens is 3. The molecule has 13 heteroatoms. The third-order valence-corrected chi connectivity index (χ3v) is 7.68. The SMILES string of the molecule is Cc1c(-c2ccnn2-c2ccc(C#N)cc2)cn2nc(NCCCC(=O)N(C)CCN(C)C)nc2c1-c1cccc(C(F)(F)F)c1. The second-order valence-corrected chi connectivity index (χ2v) is 11.3. The van der Waals surface area contributed by atoms with E-state index < -0.39 is 11.7 Å². The topological polar surface area (TPSA) is 107 Å². The zero-order valence-electron chi connectivity index (χ0n) is 26.0. The number of aromatic nitrogens is 5. The zero-order chi connectivity index (χ0) is 33.0. The van der Waals surface area contributed by atoms with Gasteiger partial charge in [-0.2, -0.15) is 28.5 Å². The van der Waals surface area contributed by atoms with Crippen LogP contribution in [0, 0.1) is 18.3 Å². The maximum absolute atomic E-state index is 13.8. The smallest absolute Gasteiger partial charge is 0.353 e. The van der Waals surface area contributed by atoms with E-state index >= 15 is 0 Å². The number of anilines is 1. The molecule has 0 aliphatic heterocycles. The van der Waals surface area contributed by atoms with E-state index in [-0.39, 0.29) is 5.91 Å². The number of carbonyl (C=O) groups excluding carboxylic acids is 1. The van der Waals surface area contributed by atoms with Gasteiger partial charge in [-0.1, -0.05) is 12.1 Å². The summed E-state index contributed by atoms with van der Waals surface area (Å²) in [5, 5.41) is 21.5. The minimum atomic E-state index is -4.52. The number of nitrogens with zero attached hydrogens (tertiary/aromatic N) is 8. The lowest BCUT2D eigenvalue weighted by atomic mass is 9.95. The normalized spacial score (nSPS) is 11.6. The van der Waals surface area contributed by atoms with E-state index in [2.05, 4.69) is 26.6 Å². The van der Waals surface area contributed by atoms with Gasteiger partial charge in [0.15, 0.2) is 5.65 Å². The van der Waals surface area contributed by atoms with E-state index in [1.54, 1.807) is 63.9 Å². The highest BCUT2D eigenvalue weighted by Gasteiger charge is 2.31. The summed E-state index contributed by atoms with van der Waals surface area (Å²) in [5.41, 5.74) is 3.72.